The Morgan fingerprint density at radius 1 is 1.38 bits per heavy atom. The van der Waals surface area contributed by atoms with Crippen LogP contribution >= 0.6 is 11.3 Å². The minimum Gasteiger partial charge on any atom is -0.357 e. The summed E-state index contributed by atoms with van der Waals surface area (Å²) in [5.74, 6) is 2.65. The highest BCUT2D eigenvalue weighted by Crippen LogP contribution is 2.35. The van der Waals surface area contributed by atoms with Crippen molar-refractivity contribution in [3.05, 3.63) is 10.9 Å². The molecular weight excluding hydrogens is 280 g/mol. The summed E-state index contributed by atoms with van der Waals surface area (Å²) in [6.45, 7) is 7.95. The number of aryl methyl sites for hydroxylation is 1. The van der Waals surface area contributed by atoms with Gasteiger partial charge in [-0.1, -0.05) is 13.8 Å². The second kappa shape index (κ2) is 5.79. The Morgan fingerprint density at radius 2 is 2.19 bits per heavy atom. The van der Waals surface area contributed by atoms with Gasteiger partial charge in [0, 0.05) is 24.5 Å². The molecule has 2 aromatic rings. The molecule has 2 aromatic heterocycles. The van der Waals surface area contributed by atoms with Crippen LogP contribution in [0, 0.1) is 5.92 Å². The van der Waals surface area contributed by atoms with E-state index < -0.39 is 0 Å². The van der Waals surface area contributed by atoms with E-state index >= 15 is 0 Å². The summed E-state index contributed by atoms with van der Waals surface area (Å²) < 4.78 is 0. The molecule has 0 aliphatic carbocycles. The second-order valence-corrected chi connectivity index (χ2v) is 7.19. The lowest BCUT2D eigenvalue weighted by Gasteiger charge is -2.37. The van der Waals surface area contributed by atoms with E-state index in [2.05, 4.69) is 42.0 Å². The van der Waals surface area contributed by atoms with Crippen LogP contribution in [0.5, 0.6) is 0 Å². The van der Waals surface area contributed by atoms with Crippen molar-refractivity contribution in [1.82, 2.24) is 9.97 Å². The lowest BCUT2D eigenvalue weighted by Crippen LogP contribution is -2.40. The zero-order valence-corrected chi connectivity index (χ0v) is 14.1. The van der Waals surface area contributed by atoms with Gasteiger partial charge in [-0.05, 0) is 38.2 Å². The average Bonchev–Trinajstić information content (AvgIpc) is 2.89. The molecular formula is C16H24N4S. The van der Waals surface area contributed by atoms with Crippen molar-refractivity contribution in [3.8, 4) is 0 Å². The summed E-state index contributed by atoms with van der Waals surface area (Å²) in [4.78, 5) is 14.4. The smallest absolute Gasteiger partial charge is 0.225 e. The topological polar surface area (TPSA) is 41.1 Å². The predicted octanol–water partition coefficient (Wildman–Crippen LogP) is 3.92. The Hall–Kier alpha value is -1.36. The molecule has 0 saturated carbocycles. The Balaban J connectivity index is 2.09. The highest BCUT2D eigenvalue weighted by molar-refractivity contribution is 7.18. The normalized spacial score (nSPS) is 22.8. The number of nitrogens with one attached hydrogen (secondary N) is 1. The molecule has 4 nitrogen and oxygen atoms in total. The van der Waals surface area contributed by atoms with E-state index in [9.17, 15) is 0 Å². The van der Waals surface area contributed by atoms with Crippen molar-refractivity contribution in [2.45, 2.75) is 46.1 Å². The van der Waals surface area contributed by atoms with E-state index in [1.54, 1.807) is 11.3 Å². The number of fused-ring (bicyclic) bond motifs is 1. The molecule has 2 unspecified atom stereocenters. The summed E-state index contributed by atoms with van der Waals surface area (Å²) in [5, 5.41) is 4.33. The summed E-state index contributed by atoms with van der Waals surface area (Å²) in [6.07, 6.45) is 3.54. The number of hydrogen-bond acceptors (Lipinski definition) is 5. The zero-order chi connectivity index (χ0) is 15.0. The Labute approximate surface area is 130 Å². The first-order chi connectivity index (χ1) is 10.1. The van der Waals surface area contributed by atoms with Gasteiger partial charge in [0.1, 0.15) is 10.6 Å². The van der Waals surface area contributed by atoms with Gasteiger partial charge in [0.15, 0.2) is 0 Å². The molecule has 5 heteroatoms. The number of rotatable bonds is 3. The maximum atomic E-state index is 4.78. The maximum absolute atomic E-state index is 4.78. The molecule has 1 N–H and O–H groups in total. The van der Waals surface area contributed by atoms with Crippen LogP contribution in [0.4, 0.5) is 11.8 Å². The van der Waals surface area contributed by atoms with Gasteiger partial charge in [0.2, 0.25) is 5.95 Å². The third-order valence-corrected chi connectivity index (χ3v) is 5.58. The fraction of sp³-hybridized carbons (Fsp3) is 0.625. The monoisotopic (exact) mass is 304 g/mol. The van der Waals surface area contributed by atoms with Crippen LogP contribution in [-0.2, 0) is 6.42 Å². The minimum absolute atomic E-state index is 0.543. The van der Waals surface area contributed by atoms with Crippen LogP contribution < -0.4 is 10.2 Å². The van der Waals surface area contributed by atoms with Gasteiger partial charge >= 0.3 is 0 Å². The van der Waals surface area contributed by atoms with Gasteiger partial charge in [-0.25, -0.2) is 4.98 Å². The number of piperidine rings is 1. The molecule has 1 fully saturated rings. The largest absolute Gasteiger partial charge is 0.357 e. The van der Waals surface area contributed by atoms with E-state index in [0.29, 0.717) is 6.04 Å². The first-order valence-electron chi connectivity index (χ1n) is 7.87. The van der Waals surface area contributed by atoms with Crippen LogP contribution in [0.2, 0.25) is 0 Å². The first-order valence-corrected chi connectivity index (χ1v) is 8.68. The lowest BCUT2D eigenvalue weighted by atomic mass is 9.93. The lowest BCUT2D eigenvalue weighted by molar-refractivity contribution is 0.376. The third-order valence-electron chi connectivity index (χ3n) is 4.41. The fourth-order valence-electron chi connectivity index (χ4n) is 3.18. The fourth-order valence-corrected chi connectivity index (χ4v) is 4.14. The second-order valence-electron chi connectivity index (χ2n) is 6.08. The molecule has 3 rings (SSSR count). The Bertz CT molecular complexity index is 636. The number of anilines is 2. The van der Waals surface area contributed by atoms with Crippen molar-refractivity contribution < 1.29 is 0 Å². The zero-order valence-electron chi connectivity index (χ0n) is 13.3. The molecule has 21 heavy (non-hydrogen) atoms. The average molecular weight is 304 g/mol. The maximum Gasteiger partial charge on any atom is 0.225 e. The van der Waals surface area contributed by atoms with Crippen LogP contribution in [-0.4, -0.2) is 29.6 Å². The molecule has 0 amide bonds. The molecule has 0 radical (unpaired) electrons. The number of nitrogens with zero attached hydrogens (tertiary/aromatic N) is 3. The molecule has 114 valence electrons. The number of hydrogen-bond donors (Lipinski definition) is 1. The van der Waals surface area contributed by atoms with Crippen LogP contribution in [0.3, 0.4) is 0 Å². The number of thiophene rings is 1. The minimum atomic E-state index is 0.543. The van der Waals surface area contributed by atoms with E-state index in [0.717, 1.165) is 35.5 Å². The van der Waals surface area contributed by atoms with Crippen LogP contribution in [0.15, 0.2) is 6.07 Å². The molecule has 0 spiro atoms. The quantitative estimate of drug-likeness (QED) is 0.933. The number of aromatic nitrogens is 2. The predicted molar refractivity (Wildman–Crippen MR) is 91.5 cm³/mol. The molecule has 1 aliphatic rings. The summed E-state index contributed by atoms with van der Waals surface area (Å²) in [6, 6.07) is 2.82. The van der Waals surface area contributed by atoms with Crippen molar-refractivity contribution in [3.63, 3.8) is 0 Å². The highest BCUT2D eigenvalue weighted by atomic mass is 32.1. The first kappa shape index (κ1) is 14.6. The SMILES string of the molecule is CCc1cc2c(N3CCC(C)CC3C)nc(NC)nc2s1. The van der Waals surface area contributed by atoms with E-state index in [-0.39, 0.29) is 0 Å². The van der Waals surface area contributed by atoms with Crippen molar-refractivity contribution in [1.29, 1.82) is 0 Å². The van der Waals surface area contributed by atoms with E-state index in [4.69, 9.17) is 4.98 Å². The molecule has 0 aromatic carbocycles. The molecule has 1 saturated heterocycles. The Kier molecular flexibility index (Phi) is 4.02. The van der Waals surface area contributed by atoms with Gasteiger partial charge in [-0.15, -0.1) is 11.3 Å². The van der Waals surface area contributed by atoms with Gasteiger partial charge < -0.3 is 10.2 Å². The summed E-state index contributed by atoms with van der Waals surface area (Å²) in [5.41, 5.74) is 0. The van der Waals surface area contributed by atoms with E-state index in [1.165, 1.54) is 23.1 Å². The summed E-state index contributed by atoms with van der Waals surface area (Å²) >= 11 is 1.79. The summed E-state index contributed by atoms with van der Waals surface area (Å²) in [7, 11) is 1.89. The van der Waals surface area contributed by atoms with Gasteiger partial charge in [0.05, 0.1) is 5.39 Å². The molecule has 3 heterocycles. The standard InChI is InChI=1S/C16H24N4S/c1-5-12-9-13-14(18-16(17-4)19-15(13)21-12)20-7-6-10(2)8-11(20)3/h9-11H,5-8H2,1-4H3,(H,17,18,19). The van der Waals surface area contributed by atoms with Gasteiger partial charge in [0.25, 0.3) is 0 Å². The highest BCUT2D eigenvalue weighted by Gasteiger charge is 2.26. The van der Waals surface area contributed by atoms with Crippen molar-refractivity contribution in [2.24, 2.45) is 5.92 Å². The third kappa shape index (κ3) is 2.71. The Morgan fingerprint density at radius 3 is 2.86 bits per heavy atom. The van der Waals surface area contributed by atoms with Crippen molar-refractivity contribution in [2.75, 3.05) is 23.8 Å². The van der Waals surface area contributed by atoms with E-state index in [1.807, 2.05) is 7.05 Å². The molecule has 0 bridgehead atoms. The molecule has 1 aliphatic heterocycles. The van der Waals surface area contributed by atoms with Crippen LogP contribution in [0.25, 0.3) is 10.2 Å². The van der Waals surface area contributed by atoms with Gasteiger partial charge in [-0.3, -0.25) is 0 Å². The van der Waals surface area contributed by atoms with Crippen molar-refractivity contribution >= 4 is 33.3 Å². The van der Waals surface area contributed by atoms with Gasteiger partial charge in [-0.2, -0.15) is 4.98 Å². The van der Waals surface area contributed by atoms with Crippen LogP contribution in [0.1, 0.15) is 38.5 Å². The molecule has 2 atom stereocenters.